The molecule has 0 nitrogen and oxygen atoms in total. The van der Waals surface area contributed by atoms with Gasteiger partial charge in [0.25, 0.3) is 0 Å². The van der Waals surface area contributed by atoms with E-state index in [-0.39, 0.29) is 0 Å². The fraction of sp³-hybridized carbons (Fsp3) is 1.00. The van der Waals surface area contributed by atoms with E-state index in [9.17, 15) is 0 Å². The normalized spacial score (nSPS) is 23.1. The molecular weight excluding hydrogens is 179 g/mol. The molecule has 36 valence electrons. The molecule has 0 amide bonds. The van der Waals surface area contributed by atoms with Gasteiger partial charge < -0.3 is 0 Å². The topological polar surface area (TPSA) is 0 Å². The summed E-state index contributed by atoms with van der Waals surface area (Å²) >= 11 is 1.82. The minimum atomic E-state index is 0.891. The van der Waals surface area contributed by atoms with Crippen LogP contribution in [0.4, 0.5) is 0 Å². The van der Waals surface area contributed by atoms with Gasteiger partial charge in [0.2, 0.25) is 0 Å². The van der Waals surface area contributed by atoms with Crippen molar-refractivity contribution in [3.63, 3.8) is 0 Å². The van der Waals surface area contributed by atoms with Crippen LogP contribution in [0.25, 0.3) is 0 Å². The third-order valence-corrected chi connectivity index (χ3v) is 6.25. The molecule has 0 saturated heterocycles. The van der Waals surface area contributed by atoms with Crippen LogP contribution < -0.4 is 0 Å². The van der Waals surface area contributed by atoms with Crippen LogP contribution in [-0.4, -0.2) is 6.16 Å². The van der Waals surface area contributed by atoms with Gasteiger partial charge in [0.1, 0.15) is 0 Å². The molecule has 0 N–H and O–H groups in total. The first-order valence-corrected chi connectivity index (χ1v) is 8.44. The molecular formula is C5H10SiZr+2. The molecule has 1 saturated carbocycles. The minimum absolute atomic E-state index is 0.891. The van der Waals surface area contributed by atoms with Crippen molar-refractivity contribution in [2.45, 2.75) is 31.2 Å². The molecule has 1 aliphatic rings. The zero-order chi connectivity index (χ0) is 5.11. The van der Waals surface area contributed by atoms with Gasteiger partial charge in [0, 0.05) is 0 Å². The standard InChI is InChI=1S/C5H10Si.Zr/c6-5-3-1-2-4-5;/h5-6H,1-4H2;/q;+2. The molecule has 0 spiro atoms. The first-order valence-electron chi connectivity index (χ1n) is 2.94. The summed E-state index contributed by atoms with van der Waals surface area (Å²) in [6.45, 7) is 0. The van der Waals surface area contributed by atoms with Crippen molar-refractivity contribution in [1.29, 1.82) is 0 Å². The zero-order valence-electron chi connectivity index (χ0n) is 4.48. The van der Waals surface area contributed by atoms with Gasteiger partial charge in [-0.1, -0.05) is 0 Å². The second-order valence-corrected chi connectivity index (χ2v) is 5.95. The van der Waals surface area contributed by atoms with E-state index < -0.39 is 0 Å². The average molecular weight is 189 g/mol. The molecule has 0 aliphatic heterocycles. The molecule has 1 fully saturated rings. The van der Waals surface area contributed by atoms with Gasteiger partial charge in [-0.25, -0.2) is 0 Å². The monoisotopic (exact) mass is 188 g/mol. The zero-order valence-corrected chi connectivity index (χ0v) is 8.10. The van der Waals surface area contributed by atoms with Gasteiger partial charge >= 0.3 is 60.7 Å². The van der Waals surface area contributed by atoms with E-state index in [1.54, 1.807) is 12.8 Å². The Kier molecular flexibility index (Phi) is 2.84. The fourth-order valence-corrected chi connectivity index (χ4v) is 4.39. The van der Waals surface area contributed by atoms with Crippen LogP contribution in [0.1, 0.15) is 25.7 Å². The molecule has 0 radical (unpaired) electrons. The molecule has 1 rings (SSSR count). The van der Waals surface area contributed by atoms with E-state index in [1.807, 2.05) is 23.3 Å². The molecule has 0 aromatic heterocycles. The molecule has 2 heteroatoms. The summed E-state index contributed by atoms with van der Waals surface area (Å²) in [4.78, 5) is 0. The predicted octanol–water partition coefficient (Wildman–Crippen LogP) is 1.25. The summed E-state index contributed by atoms with van der Waals surface area (Å²) in [6, 6.07) is 0. The Morgan fingerprint density at radius 1 is 1.29 bits per heavy atom. The van der Waals surface area contributed by atoms with Crippen LogP contribution in [-0.2, 0) is 23.3 Å². The Morgan fingerprint density at radius 2 is 1.86 bits per heavy atom. The van der Waals surface area contributed by atoms with E-state index in [2.05, 4.69) is 0 Å². The molecule has 0 unspecified atom stereocenters. The van der Waals surface area contributed by atoms with Crippen molar-refractivity contribution >= 4 is 6.16 Å². The van der Waals surface area contributed by atoms with Crippen LogP contribution in [0.15, 0.2) is 0 Å². The van der Waals surface area contributed by atoms with E-state index in [0.717, 1.165) is 6.16 Å². The Balaban J connectivity index is 2.26. The summed E-state index contributed by atoms with van der Waals surface area (Å²) in [6.07, 6.45) is 7.10. The summed E-state index contributed by atoms with van der Waals surface area (Å²) in [5.41, 5.74) is 1.22. The van der Waals surface area contributed by atoms with Gasteiger partial charge in [-0.2, -0.15) is 0 Å². The Labute approximate surface area is 60.7 Å². The van der Waals surface area contributed by atoms with E-state index in [0.29, 0.717) is 0 Å². The van der Waals surface area contributed by atoms with Gasteiger partial charge in [0.15, 0.2) is 0 Å². The Bertz CT molecular complexity index is 66.5. The van der Waals surface area contributed by atoms with Gasteiger partial charge in [-0.05, 0) is 0 Å². The quantitative estimate of drug-likeness (QED) is 0.545. The third kappa shape index (κ3) is 1.81. The summed E-state index contributed by atoms with van der Waals surface area (Å²) in [5, 5.41) is 0. The van der Waals surface area contributed by atoms with Crippen molar-refractivity contribution in [3.8, 4) is 0 Å². The SMILES string of the molecule is [Zr+2]=[SiH]C1CCCC1. The molecule has 0 heterocycles. The predicted molar refractivity (Wildman–Crippen MR) is 29.4 cm³/mol. The van der Waals surface area contributed by atoms with Gasteiger partial charge in [-0.3, -0.25) is 0 Å². The van der Waals surface area contributed by atoms with Crippen LogP contribution in [0.2, 0.25) is 5.54 Å². The van der Waals surface area contributed by atoms with Crippen molar-refractivity contribution in [1.82, 2.24) is 0 Å². The third-order valence-electron chi connectivity index (χ3n) is 1.64. The summed E-state index contributed by atoms with van der Waals surface area (Å²) < 4.78 is 0. The number of hydrogen-bond donors (Lipinski definition) is 0. The van der Waals surface area contributed by atoms with Crippen LogP contribution in [0.5, 0.6) is 0 Å². The maximum absolute atomic E-state index is 1.82. The van der Waals surface area contributed by atoms with Crippen LogP contribution >= 0.6 is 0 Å². The maximum atomic E-state index is 1.82. The number of hydrogen-bond acceptors (Lipinski definition) is 0. The molecule has 0 aromatic rings. The second kappa shape index (κ2) is 3.19. The van der Waals surface area contributed by atoms with E-state index in [4.69, 9.17) is 0 Å². The molecule has 1 aliphatic carbocycles. The summed E-state index contributed by atoms with van der Waals surface area (Å²) in [5.74, 6) is 0. The van der Waals surface area contributed by atoms with Crippen molar-refractivity contribution in [3.05, 3.63) is 0 Å². The van der Waals surface area contributed by atoms with E-state index in [1.165, 1.54) is 18.4 Å². The van der Waals surface area contributed by atoms with Gasteiger partial charge in [-0.15, -0.1) is 0 Å². The van der Waals surface area contributed by atoms with E-state index >= 15 is 0 Å². The van der Waals surface area contributed by atoms with Crippen molar-refractivity contribution < 1.29 is 23.3 Å². The number of rotatable bonds is 1. The molecule has 7 heavy (non-hydrogen) atoms. The molecule has 0 aromatic carbocycles. The van der Waals surface area contributed by atoms with Crippen LogP contribution in [0, 0.1) is 0 Å². The summed E-state index contributed by atoms with van der Waals surface area (Å²) in [7, 11) is 0. The fourth-order valence-electron chi connectivity index (χ4n) is 1.12. The Hall–Kier alpha value is 1.10. The Morgan fingerprint density at radius 3 is 2.14 bits per heavy atom. The first-order chi connectivity index (χ1) is 3.43. The van der Waals surface area contributed by atoms with Crippen LogP contribution in [0.3, 0.4) is 0 Å². The average Bonchev–Trinajstić information content (AvgIpc) is 2.14. The van der Waals surface area contributed by atoms with Gasteiger partial charge in [0.05, 0.1) is 0 Å². The first kappa shape index (κ1) is 6.22. The van der Waals surface area contributed by atoms with Crippen molar-refractivity contribution in [2.75, 3.05) is 0 Å². The van der Waals surface area contributed by atoms with Crippen molar-refractivity contribution in [2.24, 2.45) is 0 Å². The second-order valence-electron chi connectivity index (χ2n) is 2.21. The molecule has 0 bridgehead atoms. The molecule has 0 atom stereocenters.